The van der Waals surface area contributed by atoms with Gasteiger partial charge in [0.2, 0.25) is 11.4 Å². The van der Waals surface area contributed by atoms with E-state index in [0.29, 0.717) is 50.8 Å². The number of rotatable bonds is 6. The molecule has 2 aliphatic rings. The first-order chi connectivity index (χ1) is 36.6. The van der Waals surface area contributed by atoms with Crippen molar-refractivity contribution in [2.45, 2.75) is 91.3 Å². The van der Waals surface area contributed by atoms with Gasteiger partial charge >= 0.3 is 11.7 Å². The second kappa shape index (κ2) is 15.4. The van der Waals surface area contributed by atoms with Crippen molar-refractivity contribution in [2.24, 2.45) is 0 Å². The van der Waals surface area contributed by atoms with Crippen molar-refractivity contribution in [3.8, 4) is 28.4 Å². The zero-order valence-corrected chi connectivity index (χ0v) is 39.2. The van der Waals surface area contributed by atoms with Gasteiger partial charge in [0.15, 0.2) is 0 Å². The molecule has 11 rings (SSSR count). The maximum atomic E-state index is 9.49. The van der Waals surface area contributed by atoms with E-state index in [9.17, 15) is 5.48 Å². The molecule has 0 fully saturated rings. The smallest absolute Gasteiger partial charge is 0.457 e. The first-order valence-electron chi connectivity index (χ1n) is 28.2. The summed E-state index contributed by atoms with van der Waals surface area (Å²) < 4.78 is 112. The predicted molar refractivity (Wildman–Crippen MR) is 280 cm³/mol. The van der Waals surface area contributed by atoms with Crippen molar-refractivity contribution in [3.63, 3.8) is 0 Å². The molecule has 0 radical (unpaired) electrons. The summed E-state index contributed by atoms with van der Waals surface area (Å²) in [5.74, 6) is 0.194. The van der Waals surface area contributed by atoms with E-state index in [-0.39, 0.29) is 56.1 Å². The molecule has 3 heterocycles. The normalized spacial score (nSPS) is 16.2. The summed E-state index contributed by atoms with van der Waals surface area (Å²) in [7, 11) is 0. The second-order valence-corrected chi connectivity index (χ2v) is 20.7. The topological polar surface area (TPSA) is 33.1 Å². The van der Waals surface area contributed by atoms with Gasteiger partial charge in [-0.1, -0.05) is 153 Å². The Kier molecular flexibility index (Phi) is 7.24. The molecule has 330 valence electrons. The minimum Gasteiger partial charge on any atom is -0.457 e. The largest absolute Gasteiger partial charge is 0.503 e. The van der Waals surface area contributed by atoms with Crippen LogP contribution < -0.4 is 13.9 Å². The maximum absolute atomic E-state index is 9.49. The molecule has 0 atom stereocenters. The van der Waals surface area contributed by atoms with Crippen LogP contribution in [0.5, 0.6) is 11.5 Å². The molecular weight excluding hydrogens is 817 g/mol. The number of aryl methyl sites for hydroxylation is 1. The molecule has 0 bridgehead atoms. The molecule has 9 aromatic rings. The van der Waals surface area contributed by atoms with Crippen molar-refractivity contribution >= 4 is 50.6 Å². The fourth-order valence-corrected chi connectivity index (χ4v) is 9.53. The lowest BCUT2D eigenvalue weighted by Crippen LogP contribution is -2.17. The summed E-state index contributed by atoms with van der Waals surface area (Å²) in [4.78, 5) is 4.93. The third-order valence-corrected chi connectivity index (χ3v) is 13.1. The third-order valence-electron chi connectivity index (χ3n) is 13.1. The summed E-state index contributed by atoms with van der Waals surface area (Å²) in [6, 6.07) is 34.7. The summed E-state index contributed by atoms with van der Waals surface area (Å²) in [5.41, 5.74) is 7.37. The predicted octanol–water partition coefficient (Wildman–Crippen LogP) is 16.2. The molecule has 0 N–H and O–H groups in total. The van der Waals surface area contributed by atoms with Crippen molar-refractivity contribution in [1.29, 1.82) is 0 Å². The molecule has 0 unspecified atom stereocenters. The van der Waals surface area contributed by atoms with Gasteiger partial charge in [0.05, 0.1) is 28.1 Å². The van der Waals surface area contributed by atoms with Crippen LogP contribution in [0.25, 0.3) is 38.8 Å². The number of pyridine rings is 1. The lowest BCUT2D eigenvalue weighted by atomic mass is 9.80. The van der Waals surface area contributed by atoms with Gasteiger partial charge in [-0.15, -0.1) is 0 Å². The maximum Gasteiger partial charge on any atom is 0.503 e. The molecule has 5 heteroatoms. The molecule has 0 amide bonds. The minimum atomic E-state index is -2.47. The first kappa shape index (κ1) is 31.6. The number of hydrogen-bond acceptors (Lipinski definition) is 2. The van der Waals surface area contributed by atoms with E-state index >= 15 is 0 Å². The van der Waals surface area contributed by atoms with Crippen molar-refractivity contribution < 1.29 is 19.8 Å². The Hall–Kier alpha value is -7.33. The summed E-state index contributed by atoms with van der Waals surface area (Å²) in [6.07, 6.45) is 1.77. The fourth-order valence-electron chi connectivity index (χ4n) is 9.53. The summed E-state index contributed by atoms with van der Waals surface area (Å²) in [6.45, 7) is 16.9. The van der Waals surface area contributed by atoms with Crippen LogP contribution >= 0.6 is 0 Å². The van der Waals surface area contributed by atoms with E-state index in [4.69, 9.17) is 19.3 Å². The van der Waals surface area contributed by atoms with E-state index in [2.05, 4.69) is 86.5 Å². The summed E-state index contributed by atoms with van der Waals surface area (Å²) in [5, 5.41) is 1.45. The number of aromatic nitrogens is 2. The van der Waals surface area contributed by atoms with Crippen LogP contribution in [0.1, 0.15) is 122 Å². The van der Waals surface area contributed by atoms with E-state index in [1.54, 1.807) is 30.5 Å². The van der Waals surface area contributed by atoms with Gasteiger partial charge < -0.3 is 4.74 Å². The molecule has 1 aliphatic carbocycles. The molecule has 0 spiro atoms. The highest BCUT2D eigenvalue weighted by molar-refractivity contribution is 6.12. The highest BCUT2D eigenvalue weighted by Gasteiger charge is 2.39. The Balaban J connectivity index is 1.18. The molecule has 1 aliphatic heterocycles. The average molecular weight is 886 g/mol. The Labute approximate surface area is 410 Å². The average Bonchev–Trinajstić information content (AvgIpc) is 4.29. The molecule has 7 aromatic carbocycles. The van der Waals surface area contributed by atoms with Crippen LogP contribution in [0, 0.1) is 6.85 Å². The molecule has 0 saturated carbocycles. The monoisotopic (exact) mass is 886 g/mol. The number of hydrogen-bond donors (Lipinski definition) is 0. The number of benzene rings is 7. The molecule has 5 nitrogen and oxygen atoms in total. The van der Waals surface area contributed by atoms with E-state index in [1.165, 1.54) is 0 Å². The highest BCUT2D eigenvalue weighted by atomic mass is 16.5. The van der Waals surface area contributed by atoms with E-state index in [0.717, 1.165) is 33.3 Å². The van der Waals surface area contributed by atoms with Crippen LogP contribution in [-0.2, 0) is 16.2 Å². The van der Waals surface area contributed by atoms with Gasteiger partial charge in [-0.3, -0.25) is 4.57 Å². The number of nitrogens with zero attached hydrogens (tertiary/aromatic N) is 4. The summed E-state index contributed by atoms with van der Waals surface area (Å²) >= 11 is 0. The van der Waals surface area contributed by atoms with Gasteiger partial charge in [0.25, 0.3) is 5.69 Å². The molecule has 67 heavy (non-hydrogen) atoms. The van der Waals surface area contributed by atoms with Gasteiger partial charge in [0.1, 0.15) is 17.3 Å². The van der Waals surface area contributed by atoms with Gasteiger partial charge in [-0.2, -0.15) is 0 Å². The Morgan fingerprint density at radius 1 is 0.597 bits per heavy atom. The van der Waals surface area contributed by atoms with E-state index < -0.39 is 49.0 Å². The van der Waals surface area contributed by atoms with Crippen molar-refractivity contribution in [1.82, 2.24) is 18.7 Å². The van der Waals surface area contributed by atoms with Gasteiger partial charge in [-0.25, -0.2) is 4.98 Å². The van der Waals surface area contributed by atoms with Gasteiger partial charge in [-0.05, 0) is 107 Å². The Morgan fingerprint density at radius 2 is 1.27 bits per heavy atom. The van der Waals surface area contributed by atoms with Gasteiger partial charge in [0, 0.05) is 62.9 Å². The second-order valence-electron chi connectivity index (χ2n) is 20.7. The lowest BCUT2D eigenvalue weighted by Gasteiger charge is -2.24. The molecular formula is C62H58N4O+2. The van der Waals surface area contributed by atoms with Crippen LogP contribution in [0.4, 0.5) is 22.7 Å². The first-order valence-corrected chi connectivity index (χ1v) is 22.7. The zero-order chi connectivity index (χ0) is 56.0. The Morgan fingerprint density at radius 3 is 1.96 bits per heavy atom. The lowest BCUT2D eigenvalue weighted by molar-refractivity contribution is 0.482. The van der Waals surface area contributed by atoms with E-state index in [1.807, 2.05) is 80.4 Å². The van der Waals surface area contributed by atoms with Crippen LogP contribution in [0.2, 0.25) is 0 Å². The zero-order valence-electron chi connectivity index (χ0n) is 50.2. The SMILES string of the molecule is [2H]c1c([2H])c([2H])c2c(c1[2H])-c1c([2H])c([2H])c([2H])c([2H])c1C2c1cc(Oc2cccc([N+]3=C=[N+](c4cc(C(C)(C)C)cc(C(C)(C)C)c4)c4c3cccc4C([2H])([2H])[2H])c2)cc2c1c1ccccc1n2-c1cc(C(C)(C)C)ccn1. The van der Waals surface area contributed by atoms with Crippen molar-refractivity contribution in [3.05, 3.63) is 203 Å². The van der Waals surface area contributed by atoms with Crippen LogP contribution in [0.3, 0.4) is 0 Å². The molecule has 2 aromatic heterocycles. The third kappa shape index (κ3) is 7.21. The fraction of sp³-hybridized carbons (Fsp3) is 0.226. The number of fused-ring (bicyclic) bond motifs is 7. The van der Waals surface area contributed by atoms with Crippen LogP contribution in [0.15, 0.2) is 164 Å². The quantitative estimate of drug-likeness (QED) is 0.156. The Bertz CT molecular complexity index is 4040. The molecule has 0 saturated heterocycles. The standard InChI is InChI=1S/C62H58N4O/c1-39-19-17-28-54-59(39)65(44-32-41(61(5,6)7)31-42(33-44)62(8,9)10)38-64(54)43-20-18-21-45(35-43)67-46-36-52(57-49-24-13-11-22-47(49)48-23-12-14-25-50(48)57)58-51-26-15-16-27-53(51)66(55(58)37-46)56-34-40(29-30-63-56)60(2,3)4/h11-37,57H,1-10H3/q+2/i1D3,11D,12D,13D,14D,22D,23D,24D,25D. The number of ether oxygens (including phenoxy) is 1. The van der Waals surface area contributed by atoms with Crippen LogP contribution in [-0.4, -0.2) is 15.6 Å². The highest BCUT2D eigenvalue weighted by Crippen LogP contribution is 2.52. The minimum absolute atomic E-state index is 0.0253. The van der Waals surface area contributed by atoms with Crippen molar-refractivity contribution in [2.75, 3.05) is 0 Å². The number of para-hydroxylation sites is 2.